The zero-order valence-electron chi connectivity index (χ0n) is 16.8. The van der Waals surface area contributed by atoms with Crippen molar-refractivity contribution in [2.45, 2.75) is 36.7 Å². The van der Waals surface area contributed by atoms with Crippen molar-refractivity contribution in [2.75, 3.05) is 20.6 Å². The molecule has 8 heteroatoms. The fourth-order valence-electron chi connectivity index (χ4n) is 3.10. The second-order valence-electron chi connectivity index (χ2n) is 7.62. The molecule has 2 N–H and O–H groups in total. The molecule has 1 atom stereocenters. The van der Waals surface area contributed by atoms with Gasteiger partial charge in [0.2, 0.25) is 10.0 Å². The molecule has 3 rings (SSSR count). The average molecular weight is 420 g/mol. The van der Waals surface area contributed by atoms with Crippen LogP contribution in [0.25, 0.3) is 0 Å². The molecule has 0 radical (unpaired) electrons. The number of amides is 1. The van der Waals surface area contributed by atoms with Gasteiger partial charge in [-0.15, -0.1) is 0 Å². The van der Waals surface area contributed by atoms with Crippen LogP contribution >= 0.6 is 0 Å². The monoisotopic (exact) mass is 419 g/mol. The molecular weight excluding hydrogens is 393 g/mol. The van der Waals surface area contributed by atoms with Crippen molar-refractivity contribution in [1.82, 2.24) is 14.9 Å². The van der Waals surface area contributed by atoms with Gasteiger partial charge in [0.1, 0.15) is 5.82 Å². The standard InChI is InChI=1S/C21H26FN3O3S/c1-14-7-10-18(29(27,28)24-17-8-9-17)12-19(14)21(26)23-13-20(25(2)3)15-5-4-6-16(22)11-15/h4-7,10-12,17,20,24H,8-9,13H2,1-3H3,(H,23,26)/t20-/m0/s1. The molecule has 156 valence electrons. The van der Waals surface area contributed by atoms with Crippen molar-refractivity contribution < 1.29 is 17.6 Å². The van der Waals surface area contributed by atoms with Gasteiger partial charge < -0.3 is 10.2 Å². The van der Waals surface area contributed by atoms with E-state index in [1.165, 1.54) is 24.3 Å². The van der Waals surface area contributed by atoms with E-state index >= 15 is 0 Å². The van der Waals surface area contributed by atoms with Crippen molar-refractivity contribution in [3.63, 3.8) is 0 Å². The number of nitrogens with one attached hydrogen (secondary N) is 2. The van der Waals surface area contributed by atoms with E-state index in [1.54, 1.807) is 19.1 Å². The van der Waals surface area contributed by atoms with Gasteiger partial charge in [-0.25, -0.2) is 17.5 Å². The first-order valence-corrected chi connectivity index (χ1v) is 11.0. The number of halogens is 1. The fourth-order valence-corrected chi connectivity index (χ4v) is 4.43. The van der Waals surface area contributed by atoms with Crippen LogP contribution in [0, 0.1) is 12.7 Å². The number of aryl methyl sites for hydroxylation is 1. The molecule has 29 heavy (non-hydrogen) atoms. The van der Waals surface area contributed by atoms with Crippen molar-refractivity contribution in [3.8, 4) is 0 Å². The van der Waals surface area contributed by atoms with Crippen LogP contribution in [0.5, 0.6) is 0 Å². The van der Waals surface area contributed by atoms with E-state index in [0.29, 0.717) is 11.1 Å². The third-order valence-corrected chi connectivity index (χ3v) is 6.49. The predicted molar refractivity (Wildman–Crippen MR) is 110 cm³/mol. The SMILES string of the molecule is Cc1ccc(S(=O)(=O)NC2CC2)cc1C(=O)NC[C@@H](c1cccc(F)c1)N(C)C. The highest BCUT2D eigenvalue weighted by molar-refractivity contribution is 7.89. The predicted octanol–water partition coefficient (Wildman–Crippen LogP) is 2.61. The maximum atomic E-state index is 13.6. The second-order valence-corrected chi connectivity index (χ2v) is 9.33. The van der Waals surface area contributed by atoms with Crippen molar-refractivity contribution in [3.05, 3.63) is 65.0 Å². The number of rotatable bonds is 8. The summed E-state index contributed by atoms with van der Waals surface area (Å²) in [5.74, 6) is -0.702. The highest BCUT2D eigenvalue weighted by Gasteiger charge is 2.28. The number of carbonyl (C=O) groups is 1. The summed E-state index contributed by atoms with van der Waals surface area (Å²) >= 11 is 0. The molecule has 1 amide bonds. The van der Waals surface area contributed by atoms with Crippen molar-refractivity contribution in [1.29, 1.82) is 0 Å². The molecule has 6 nitrogen and oxygen atoms in total. The summed E-state index contributed by atoms with van der Waals surface area (Å²) in [7, 11) is 0.0597. The zero-order valence-corrected chi connectivity index (χ0v) is 17.6. The Morgan fingerprint density at radius 3 is 2.55 bits per heavy atom. The third kappa shape index (κ3) is 5.41. The molecular formula is C21H26FN3O3S. The van der Waals surface area contributed by atoms with E-state index < -0.39 is 10.0 Å². The van der Waals surface area contributed by atoms with Gasteiger partial charge in [-0.05, 0) is 69.3 Å². The maximum Gasteiger partial charge on any atom is 0.251 e. The molecule has 2 aromatic carbocycles. The third-order valence-electron chi connectivity index (χ3n) is 4.98. The van der Waals surface area contributed by atoms with Crippen LogP contribution in [0.1, 0.15) is 40.4 Å². The Bertz CT molecular complexity index is 1000. The number of benzene rings is 2. The fraction of sp³-hybridized carbons (Fsp3) is 0.381. The summed E-state index contributed by atoms with van der Waals surface area (Å²) < 4.78 is 41.1. The zero-order chi connectivity index (χ0) is 21.2. The lowest BCUT2D eigenvalue weighted by Crippen LogP contribution is -2.35. The van der Waals surface area contributed by atoms with Crippen molar-refractivity contribution >= 4 is 15.9 Å². The summed E-state index contributed by atoms with van der Waals surface area (Å²) in [5.41, 5.74) is 1.73. The first-order valence-electron chi connectivity index (χ1n) is 9.50. The smallest absolute Gasteiger partial charge is 0.251 e. The van der Waals surface area contributed by atoms with Crippen LogP contribution in [-0.2, 0) is 10.0 Å². The Labute approximate surface area is 171 Å². The Morgan fingerprint density at radius 2 is 1.93 bits per heavy atom. The highest BCUT2D eigenvalue weighted by Crippen LogP contribution is 2.23. The summed E-state index contributed by atoms with van der Waals surface area (Å²) in [5, 5.41) is 2.85. The van der Waals surface area contributed by atoms with E-state index in [-0.39, 0.29) is 35.2 Å². The topological polar surface area (TPSA) is 78.5 Å². The van der Waals surface area contributed by atoms with Crippen LogP contribution in [-0.4, -0.2) is 45.9 Å². The molecule has 0 spiro atoms. The summed E-state index contributed by atoms with van der Waals surface area (Å²) in [6.07, 6.45) is 1.68. The molecule has 1 aliphatic rings. The molecule has 0 bridgehead atoms. The average Bonchev–Trinajstić information content (AvgIpc) is 3.45. The second kappa shape index (κ2) is 8.61. The summed E-state index contributed by atoms with van der Waals surface area (Å²) in [4.78, 5) is 14.8. The van der Waals surface area contributed by atoms with E-state index in [4.69, 9.17) is 0 Å². The Morgan fingerprint density at radius 1 is 1.21 bits per heavy atom. The minimum Gasteiger partial charge on any atom is -0.350 e. The molecule has 0 saturated heterocycles. The molecule has 1 aliphatic carbocycles. The summed E-state index contributed by atoms with van der Waals surface area (Å²) in [6, 6.07) is 10.6. The van der Waals surface area contributed by atoms with Gasteiger partial charge in [0.15, 0.2) is 0 Å². The summed E-state index contributed by atoms with van der Waals surface area (Å²) in [6.45, 7) is 2.02. The van der Waals surface area contributed by atoms with Gasteiger partial charge in [0, 0.05) is 18.2 Å². The minimum atomic E-state index is -3.64. The van der Waals surface area contributed by atoms with Crippen LogP contribution < -0.4 is 10.0 Å². The van der Waals surface area contributed by atoms with Crippen molar-refractivity contribution in [2.24, 2.45) is 0 Å². The molecule has 2 aromatic rings. The van der Waals surface area contributed by atoms with Crippen LogP contribution in [0.2, 0.25) is 0 Å². The molecule has 1 fully saturated rings. The number of carbonyl (C=O) groups excluding carboxylic acids is 1. The largest absolute Gasteiger partial charge is 0.350 e. The molecule has 1 saturated carbocycles. The molecule has 0 unspecified atom stereocenters. The quantitative estimate of drug-likeness (QED) is 0.690. The molecule has 0 aliphatic heterocycles. The molecule has 0 aromatic heterocycles. The van der Waals surface area contributed by atoms with E-state index in [9.17, 15) is 17.6 Å². The molecule has 0 heterocycles. The number of hydrogen-bond acceptors (Lipinski definition) is 4. The van der Waals surface area contributed by atoms with Gasteiger partial charge in [-0.3, -0.25) is 4.79 Å². The van der Waals surface area contributed by atoms with Crippen LogP contribution in [0.4, 0.5) is 4.39 Å². The van der Waals surface area contributed by atoms with Gasteiger partial charge in [-0.1, -0.05) is 18.2 Å². The number of likely N-dealkylation sites (N-methyl/N-ethyl adjacent to an activating group) is 1. The van der Waals surface area contributed by atoms with Crippen LogP contribution in [0.3, 0.4) is 0 Å². The van der Waals surface area contributed by atoms with E-state index in [2.05, 4.69) is 10.0 Å². The van der Waals surface area contributed by atoms with Gasteiger partial charge in [0.05, 0.1) is 10.9 Å². The highest BCUT2D eigenvalue weighted by atomic mass is 32.2. The van der Waals surface area contributed by atoms with Gasteiger partial charge >= 0.3 is 0 Å². The van der Waals surface area contributed by atoms with Crippen LogP contribution in [0.15, 0.2) is 47.4 Å². The Balaban J connectivity index is 1.76. The Hall–Kier alpha value is -2.29. The number of sulfonamides is 1. The maximum absolute atomic E-state index is 13.6. The lowest BCUT2D eigenvalue weighted by molar-refractivity contribution is 0.0941. The van der Waals surface area contributed by atoms with Gasteiger partial charge in [0.25, 0.3) is 5.91 Å². The lowest BCUT2D eigenvalue weighted by Gasteiger charge is -2.25. The number of hydrogen-bond donors (Lipinski definition) is 2. The Kier molecular flexibility index (Phi) is 6.36. The number of nitrogens with zero attached hydrogens (tertiary/aromatic N) is 1. The first kappa shape index (κ1) is 21.4. The first-order chi connectivity index (χ1) is 13.7. The van der Waals surface area contributed by atoms with E-state index in [1.807, 2.05) is 25.1 Å². The van der Waals surface area contributed by atoms with Gasteiger partial charge in [-0.2, -0.15) is 0 Å². The van der Waals surface area contributed by atoms with E-state index in [0.717, 1.165) is 18.4 Å². The lowest BCUT2D eigenvalue weighted by atomic mass is 10.0. The normalized spacial score (nSPS) is 15.3. The minimum absolute atomic E-state index is 0.00861.